The van der Waals surface area contributed by atoms with E-state index in [-0.39, 0.29) is 24.6 Å². The van der Waals surface area contributed by atoms with Crippen LogP contribution in [0.2, 0.25) is 0 Å². The van der Waals surface area contributed by atoms with Gasteiger partial charge in [0.15, 0.2) is 6.54 Å². The summed E-state index contributed by atoms with van der Waals surface area (Å²) in [6.07, 6.45) is 3.44. The molecule has 1 aromatic carbocycles. The minimum Gasteiger partial charge on any atom is -0.462 e. The van der Waals surface area contributed by atoms with Gasteiger partial charge in [0.1, 0.15) is 12.0 Å². The first-order chi connectivity index (χ1) is 13.0. The summed E-state index contributed by atoms with van der Waals surface area (Å²) in [6.45, 7) is 2.34. The maximum Gasteiger partial charge on any atom is 0.361 e. The van der Waals surface area contributed by atoms with Gasteiger partial charge in [0.2, 0.25) is 0 Å². The normalized spacial score (nSPS) is 30.6. The molecule has 3 atom stereocenters. The highest BCUT2D eigenvalue weighted by Gasteiger charge is 2.53. The van der Waals surface area contributed by atoms with Crippen molar-refractivity contribution in [2.75, 3.05) is 26.8 Å². The van der Waals surface area contributed by atoms with Crippen molar-refractivity contribution in [3.05, 3.63) is 35.9 Å². The van der Waals surface area contributed by atoms with Crippen LogP contribution < -0.4 is 0 Å². The maximum absolute atomic E-state index is 12.6. The number of carbonyl (C=O) groups is 2. The second-order valence-corrected chi connectivity index (χ2v) is 7.87. The van der Waals surface area contributed by atoms with E-state index < -0.39 is 5.92 Å². The molecule has 0 saturated carbocycles. The Balaban J connectivity index is 1.63. The molecule has 1 aromatic rings. The zero-order chi connectivity index (χ0) is 19.4. The van der Waals surface area contributed by atoms with Crippen molar-refractivity contribution in [1.29, 1.82) is 0 Å². The highest BCUT2D eigenvalue weighted by atomic mass is 16.5. The minimum atomic E-state index is -0.647. The number of ether oxygens (including phenoxy) is 2. The van der Waals surface area contributed by atoms with E-state index in [9.17, 15) is 14.7 Å². The van der Waals surface area contributed by atoms with Crippen LogP contribution in [0.3, 0.4) is 0 Å². The summed E-state index contributed by atoms with van der Waals surface area (Å²) in [7, 11) is 2.12. The first-order valence-electron chi connectivity index (χ1n) is 9.84. The lowest BCUT2D eigenvalue weighted by Crippen LogP contribution is -2.61. The molecule has 0 spiro atoms. The molecule has 0 radical (unpaired) electrons. The fourth-order valence-corrected chi connectivity index (χ4v) is 4.78. The number of aliphatic hydroxyl groups excluding tert-OH is 1. The lowest BCUT2D eigenvalue weighted by atomic mass is 9.95. The van der Waals surface area contributed by atoms with Gasteiger partial charge in [-0.1, -0.05) is 30.3 Å². The van der Waals surface area contributed by atoms with Gasteiger partial charge in [-0.3, -0.25) is 4.79 Å². The fraction of sp³-hybridized carbons (Fsp3) is 0.619. The number of piperidine rings is 1. The summed E-state index contributed by atoms with van der Waals surface area (Å²) in [5, 5.41) is 9.67. The first kappa shape index (κ1) is 19.8. The molecule has 0 aromatic heterocycles. The van der Waals surface area contributed by atoms with Gasteiger partial charge in [-0.15, -0.1) is 0 Å². The molecule has 0 amide bonds. The Kier molecular flexibility index (Phi) is 6.17. The summed E-state index contributed by atoms with van der Waals surface area (Å²) in [5.41, 5.74) is 0.770. The summed E-state index contributed by atoms with van der Waals surface area (Å²) in [5.74, 6) is -1.17. The molecule has 0 aliphatic carbocycles. The van der Waals surface area contributed by atoms with Gasteiger partial charge in [0.25, 0.3) is 0 Å². The van der Waals surface area contributed by atoms with Gasteiger partial charge in [0, 0.05) is 25.7 Å². The molecule has 2 heterocycles. The minimum absolute atomic E-state index is 0.152. The molecule has 6 heteroatoms. The summed E-state index contributed by atoms with van der Waals surface area (Å²) in [4.78, 5) is 24.7. The highest BCUT2D eigenvalue weighted by Crippen LogP contribution is 2.42. The van der Waals surface area contributed by atoms with E-state index >= 15 is 0 Å². The van der Waals surface area contributed by atoms with Gasteiger partial charge in [-0.2, -0.15) is 0 Å². The molecule has 1 N–H and O–H groups in total. The molecule has 148 valence electrons. The Morgan fingerprint density at radius 2 is 1.81 bits per heavy atom. The zero-order valence-electron chi connectivity index (χ0n) is 16.2. The van der Waals surface area contributed by atoms with Crippen LogP contribution in [-0.2, 0) is 19.1 Å². The molecule has 3 rings (SSSR count). The lowest BCUT2D eigenvalue weighted by Gasteiger charge is -2.46. The maximum atomic E-state index is 12.6. The van der Waals surface area contributed by atoms with E-state index in [0.717, 1.165) is 31.2 Å². The van der Waals surface area contributed by atoms with E-state index in [4.69, 9.17) is 9.47 Å². The van der Waals surface area contributed by atoms with Crippen molar-refractivity contribution >= 4 is 11.9 Å². The van der Waals surface area contributed by atoms with Gasteiger partial charge < -0.3 is 19.1 Å². The van der Waals surface area contributed by atoms with Crippen LogP contribution >= 0.6 is 0 Å². The molecule has 2 fully saturated rings. The molecule has 6 nitrogen and oxygen atoms in total. The standard InChI is InChI=1S/C21H30NO5/c1-3-26-20(24)13-22(2)16-9-10-17(22)12-18(11-16)27-21(25)19(14-23)15-7-5-4-6-8-15/h4-8,16-19,23H,3,9-14H2,1-2H3/q+1/t16-,17-,18?,19+,22?/m1/s1. The van der Waals surface area contributed by atoms with Crippen LogP contribution in [0, 0.1) is 0 Å². The third-order valence-electron chi connectivity index (χ3n) is 6.30. The predicted molar refractivity (Wildman–Crippen MR) is 99.9 cm³/mol. The van der Waals surface area contributed by atoms with E-state index in [1.807, 2.05) is 37.3 Å². The quantitative estimate of drug-likeness (QED) is 0.582. The van der Waals surface area contributed by atoms with Crippen molar-refractivity contribution in [1.82, 2.24) is 0 Å². The van der Waals surface area contributed by atoms with Crippen LogP contribution in [0.25, 0.3) is 0 Å². The second-order valence-electron chi connectivity index (χ2n) is 7.87. The molecular weight excluding hydrogens is 346 g/mol. The van der Waals surface area contributed by atoms with Crippen LogP contribution in [-0.4, -0.2) is 66.5 Å². The lowest BCUT2D eigenvalue weighted by molar-refractivity contribution is -0.942. The van der Waals surface area contributed by atoms with E-state index in [1.54, 1.807) is 0 Å². The van der Waals surface area contributed by atoms with Crippen molar-refractivity contribution in [3.8, 4) is 0 Å². The molecule has 0 unspecified atom stereocenters. The number of benzene rings is 1. The summed E-state index contributed by atoms with van der Waals surface area (Å²) >= 11 is 0. The van der Waals surface area contributed by atoms with Crippen molar-refractivity contribution in [2.45, 2.75) is 56.7 Å². The number of fused-ring (bicyclic) bond motifs is 2. The van der Waals surface area contributed by atoms with Gasteiger partial charge >= 0.3 is 11.9 Å². The number of hydrogen-bond donors (Lipinski definition) is 1. The van der Waals surface area contributed by atoms with E-state index in [1.165, 1.54) is 0 Å². The molecule has 27 heavy (non-hydrogen) atoms. The predicted octanol–water partition coefficient (Wildman–Crippen LogP) is 2.01. The highest BCUT2D eigenvalue weighted by molar-refractivity contribution is 5.78. The summed E-state index contributed by atoms with van der Waals surface area (Å²) < 4.78 is 11.6. The number of nitrogens with zero attached hydrogens (tertiary/aromatic N) is 1. The van der Waals surface area contributed by atoms with Crippen LogP contribution in [0.4, 0.5) is 0 Å². The van der Waals surface area contributed by atoms with Crippen LogP contribution in [0.15, 0.2) is 30.3 Å². The number of carbonyl (C=O) groups excluding carboxylic acids is 2. The number of quaternary nitrogens is 1. The fourth-order valence-electron chi connectivity index (χ4n) is 4.78. The van der Waals surface area contributed by atoms with E-state index in [2.05, 4.69) is 7.05 Å². The number of likely N-dealkylation sites (N-methyl/N-ethyl adjacent to an activating group) is 1. The largest absolute Gasteiger partial charge is 0.462 e. The number of hydrogen-bond acceptors (Lipinski definition) is 5. The first-order valence-corrected chi connectivity index (χ1v) is 9.84. The summed E-state index contributed by atoms with van der Waals surface area (Å²) in [6, 6.07) is 9.85. The third kappa shape index (κ3) is 4.17. The van der Waals surface area contributed by atoms with Crippen LogP contribution in [0.1, 0.15) is 44.1 Å². The smallest absolute Gasteiger partial charge is 0.361 e. The van der Waals surface area contributed by atoms with Gasteiger partial charge in [0.05, 0.1) is 32.3 Å². The average molecular weight is 376 g/mol. The monoisotopic (exact) mass is 376 g/mol. The number of aliphatic hydroxyl groups is 1. The zero-order valence-corrected chi connectivity index (χ0v) is 16.2. The molecule has 2 aliphatic rings. The average Bonchev–Trinajstić information content (AvgIpc) is 2.81. The Labute approximate surface area is 160 Å². The van der Waals surface area contributed by atoms with Gasteiger partial charge in [-0.25, -0.2) is 4.79 Å². The van der Waals surface area contributed by atoms with E-state index in [0.29, 0.717) is 29.7 Å². The van der Waals surface area contributed by atoms with Crippen molar-refractivity contribution in [3.63, 3.8) is 0 Å². The Morgan fingerprint density at radius 1 is 1.19 bits per heavy atom. The molecular formula is C21H30NO5+. The topological polar surface area (TPSA) is 72.8 Å². The van der Waals surface area contributed by atoms with Crippen molar-refractivity contribution < 1.29 is 28.7 Å². The number of rotatable bonds is 7. The SMILES string of the molecule is CCOC(=O)C[N+]1(C)[C@@H]2CC[C@@H]1CC(OC(=O)[C@@H](CO)c1ccccc1)C2. The molecule has 2 bridgehead atoms. The molecule has 2 saturated heterocycles. The third-order valence-corrected chi connectivity index (χ3v) is 6.30. The van der Waals surface area contributed by atoms with Crippen LogP contribution in [0.5, 0.6) is 0 Å². The number of esters is 2. The second kappa shape index (κ2) is 8.40. The Morgan fingerprint density at radius 3 is 2.37 bits per heavy atom. The van der Waals surface area contributed by atoms with Gasteiger partial charge in [-0.05, 0) is 12.5 Å². The molecule has 2 aliphatic heterocycles. The Hall–Kier alpha value is -1.92. The van der Waals surface area contributed by atoms with Crippen molar-refractivity contribution in [2.24, 2.45) is 0 Å². The Bertz CT molecular complexity index is 648.